The maximum atomic E-state index is 12.1. The Morgan fingerprint density at radius 3 is 2.77 bits per heavy atom. The van der Waals surface area contributed by atoms with Crippen molar-refractivity contribution in [2.45, 2.75) is 26.6 Å². The molecule has 1 atom stereocenters. The Bertz CT molecular complexity index is 924. The van der Waals surface area contributed by atoms with E-state index in [4.69, 9.17) is 29.9 Å². The molecular formula is C17H14BrClN2O5. The van der Waals surface area contributed by atoms with Crippen LogP contribution in [0.25, 0.3) is 11.7 Å². The van der Waals surface area contributed by atoms with Gasteiger partial charge < -0.3 is 18.3 Å². The van der Waals surface area contributed by atoms with Crippen molar-refractivity contribution in [3.8, 4) is 17.4 Å². The van der Waals surface area contributed by atoms with Gasteiger partial charge in [-0.3, -0.25) is 0 Å². The lowest BCUT2D eigenvalue weighted by molar-refractivity contribution is -0.153. The third kappa shape index (κ3) is 4.44. The minimum Gasteiger partial charge on any atom is -0.479 e. The quantitative estimate of drug-likeness (QED) is 0.518. The number of carbonyl (C=O) groups is 1. The van der Waals surface area contributed by atoms with Crippen LogP contribution in [-0.2, 0) is 16.1 Å². The Kier molecular flexibility index (Phi) is 5.63. The van der Waals surface area contributed by atoms with E-state index >= 15 is 0 Å². The maximum Gasteiger partial charge on any atom is 0.347 e. The fourth-order valence-corrected chi connectivity index (χ4v) is 2.61. The highest BCUT2D eigenvalue weighted by Gasteiger charge is 2.19. The van der Waals surface area contributed by atoms with Gasteiger partial charge in [0.25, 0.3) is 11.8 Å². The number of aromatic nitrogens is 2. The summed E-state index contributed by atoms with van der Waals surface area (Å²) in [6.45, 7) is 3.27. The second kappa shape index (κ2) is 7.92. The van der Waals surface area contributed by atoms with Gasteiger partial charge in [-0.1, -0.05) is 11.6 Å². The standard InChI is InChI=1S/C17H14BrClN2O5/c1-9-7-11(19)3-4-12(9)24-10(2)17(22)23-8-15-20-21-16(26-15)13-5-6-14(18)25-13/h3-7,10H,8H2,1-2H3. The van der Waals surface area contributed by atoms with E-state index in [0.717, 1.165) is 5.56 Å². The number of halogens is 2. The zero-order valence-electron chi connectivity index (χ0n) is 13.9. The van der Waals surface area contributed by atoms with Gasteiger partial charge in [0, 0.05) is 5.02 Å². The van der Waals surface area contributed by atoms with Crippen LogP contribution >= 0.6 is 27.5 Å². The number of hydrogen-bond donors (Lipinski definition) is 0. The summed E-state index contributed by atoms with van der Waals surface area (Å²) in [4.78, 5) is 12.1. The van der Waals surface area contributed by atoms with Gasteiger partial charge in [0.15, 0.2) is 23.1 Å². The second-order valence-corrected chi connectivity index (χ2v) is 6.60. The van der Waals surface area contributed by atoms with Crippen LogP contribution in [0.1, 0.15) is 18.4 Å². The lowest BCUT2D eigenvalue weighted by Gasteiger charge is -2.15. The Balaban J connectivity index is 1.55. The zero-order valence-corrected chi connectivity index (χ0v) is 16.2. The van der Waals surface area contributed by atoms with Gasteiger partial charge in [0.1, 0.15) is 5.75 Å². The van der Waals surface area contributed by atoms with Gasteiger partial charge in [-0.25, -0.2) is 4.79 Å². The lowest BCUT2D eigenvalue weighted by Crippen LogP contribution is -2.26. The number of furan rings is 1. The third-order valence-electron chi connectivity index (χ3n) is 3.36. The van der Waals surface area contributed by atoms with Crippen molar-refractivity contribution in [2.75, 3.05) is 0 Å². The third-order valence-corrected chi connectivity index (χ3v) is 4.02. The maximum absolute atomic E-state index is 12.1. The molecule has 0 aliphatic heterocycles. The minimum atomic E-state index is -0.807. The molecule has 0 aliphatic rings. The Hall–Kier alpha value is -2.32. The number of nitrogens with zero attached hydrogens (tertiary/aromatic N) is 2. The van der Waals surface area contributed by atoms with Crippen LogP contribution in [0, 0.1) is 6.92 Å². The number of hydrogen-bond acceptors (Lipinski definition) is 7. The molecule has 2 aromatic heterocycles. The summed E-state index contributed by atoms with van der Waals surface area (Å²) < 4.78 is 22.0. The van der Waals surface area contributed by atoms with E-state index in [1.165, 1.54) is 0 Å². The Morgan fingerprint density at radius 1 is 1.27 bits per heavy atom. The van der Waals surface area contributed by atoms with Crippen molar-refractivity contribution in [1.82, 2.24) is 10.2 Å². The number of esters is 1. The van der Waals surface area contributed by atoms with Crippen LogP contribution in [0.5, 0.6) is 5.75 Å². The van der Waals surface area contributed by atoms with Crippen molar-refractivity contribution in [3.05, 3.63) is 51.5 Å². The molecular weight excluding hydrogens is 428 g/mol. The van der Waals surface area contributed by atoms with Crippen LogP contribution in [-0.4, -0.2) is 22.3 Å². The lowest BCUT2D eigenvalue weighted by atomic mass is 10.2. The average Bonchev–Trinajstić information content (AvgIpc) is 3.24. The number of carbonyl (C=O) groups excluding carboxylic acids is 1. The normalized spacial score (nSPS) is 12.0. The molecule has 26 heavy (non-hydrogen) atoms. The molecule has 0 spiro atoms. The summed E-state index contributed by atoms with van der Waals surface area (Å²) in [5, 5.41) is 8.26. The molecule has 0 amide bonds. The molecule has 0 bridgehead atoms. The molecule has 0 saturated heterocycles. The minimum absolute atomic E-state index is 0.149. The van der Waals surface area contributed by atoms with E-state index in [-0.39, 0.29) is 18.4 Å². The van der Waals surface area contributed by atoms with Crippen molar-refractivity contribution in [2.24, 2.45) is 0 Å². The van der Waals surface area contributed by atoms with Crippen molar-refractivity contribution in [3.63, 3.8) is 0 Å². The largest absolute Gasteiger partial charge is 0.479 e. The second-order valence-electron chi connectivity index (χ2n) is 5.38. The first-order chi connectivity index (χ1) is 12.4. The molecule has 0 N–H and O–H groups in total. The molecule has 0 radical (unpaired) electrons. The molecule has 7 nitrogen and oxygen atoms in total. The van der Waals surface area contributed by atoms with E-state index < -0.39 is 12.1 Å². The number of ether oxygens (including phenoxy) is 2. The molecule has 3 aromatic rings. The van der Waals surface area contributed by atoms with Crippen molar-refractivity contribution in [1.29, 1.82) is 0 Å². The van der Waals surface area contributed by atoms with E-state index in [1.54, 1.807) is 37.3 Å². The van der Waals surface area contributed by atoms with Gasteiger partial charge in [-0.15, -0.1) is 10.2 Å². The Labute approximate surface area is 162 Å². The highest BCUT2D eigenvalue weighted by molar-refractivity contribution is 9.10. The van der Waals surface area contributed by atoms with Crippen molar-refractivity contribution >= 4 is 33.5 Å². The molecule has 0 saturated carbocycles. The van der Waals surface area contributed by atoms with Crippen LogP contribution in [0.15, 0.2) is 43.8 Å². The smallest absolute Gasteiger partial charge is 0.347 e. The summed E-state index contributed by atoms with van der Waals surface area (Å²) in [7, 11) is 0. The Morgan fingerprint density at radius 2 is 2.08 bits per heavy atom. The summed E-state index contributed by atoms with van der Waals surface area (Å²) in [6, 6.07) is 8.53. The van der Waals surface area contributed by atoms with E-state index in [1.807, 2.05) is 6.92 Å². The highest BCUT2D eigenvalue weighted by atomic mass is 79.9. The fraction of sp³-hybridized carbons (Fsp3) is 0.235. The van der Waals surface area contributed by atoms with Gasteiger partial charge in [-0.2, -0.15) is 0 Å². The van der Waals surface area contributed by atoms with Gasteiger partial charge in [0.2, 0.25) is 0 Å². The molecule has 2 heterocycles. The molecule has 136 valence electrons. The van der Waals surface area contributed by atoms with Crippen LogP contribution in [0.3, 0.4) is 0 Å². The van der Waals surface area contributed by atoms with Gasteiger partial charge >= 0.3 is 5.97 Å². The predicted molar refractivity (Wildman–Crippen MR) is 95.8 cm³/mol. The monoisotopic (exact) mass is 440 g/mol. The molecule has 1 aromatic carbocycles. The first kappa shape index (κ1) is 18.5. The first-order valence-electron chi connectivity index (χ1n) is 7.60. The number of rotatable bonds is 6. The summed E-state index contributed by atoms with van der Waals surface area (Å²) in [5.41, 5.74) is 0.823. The summed E-state index contributed by atoms with van der Waals surface area (Å²) in [6.07, 6.45) is -0.807. The van der Waals surface area contributed by atoms with Crippen molar-refractivity contribution < 1.29 is 23.1 Å². The molecule has 0 aliphatic carbocycles. The summed E-state index contributed by atoms with van der Waals surface area (Å²) >= 11 is 9.09. The van der Waals surface area contributed by atoms with E-state index in [2.05, 4.69) is 26.1 Å². The SMILES string of the molecule is Cc1cc(Cl)ccc1OC(C)C(=O)OCc1nnc(-c2ccc(Br)o2)o1. The number of benzene rings is 1. The average molecular weight is 442 g/mol. The van der Waals surface area contributed by atoms with E-state index in [9.17, 15) is 4.79 Å². The van der Waals surface area contributed by atoms with Gasteiger partial charge in [0.05, 0.1) is 0 Å². The van der Waals surface area contributed by atoms with Crippen LogP contribution < -0.4 is 4.74 Å². The fourth-order valence-electron chi connectivity index (χ4n) is 2.07. The summed E-state index contributed by atoms with van der Waals surface area (Å²) in [5.74, 6) is 0.762. The zero-order chi connectivity index (χ0) is 18.7. The molecule has 1 unspecified atom stereocenters. The molecule has 3 rings (SSSR count). The topological polar surface area (TPSA) is 87.6 Å². The number of aryl methyl sites for hydroxylation is 1. The first-order valence-corrected chi connectivity index (χ1v) is 8.77. The molecule has 0 fully saturated rings. The van der Waals surface area contributed by atoms with Crippen LogP contribution in [0.4, 0.5) is 0 Å². The van der Waals surface area contributed by atoms with Crippen LogP contribution in [0.2, 0.25) is 5.02 Å². The van der Waals surface area contributed by atoms with E-state index in [0.29, 0.717) is 21.2 Å². The molecule has 9 heteroatoms. The van der Waals surface area contributed by atoms with Gasteiger partial charge in [-0.05, 0) is 65.7 Å². The highest BCUT2D eigenvalue weighted by Crippen LogP contribution is 2.25. The predicted octanol–water partition coefficient (Wildman–Crippen LogP) is 4.56.